The molecule has 140 valence electrons. The summed E-state index contributed by atoms with van der Waals surface area (Å²) >= 11 is 0. The van der Waals surface area contributed by atoms with Gasteiger partial charge in [0.2, 0.25) is 0 Å². The molecule has 6 atom stereocenters. The molecule has 0 bridgehead atoms. The van der Waals surface area contributed by atoms with Crippen molar-refractivity contribution in [2.24, 2.45) is 23.2 Å². The second-order valence-corrected chi connectivity index (χ2v) is 7.54. The number of carbonyl (C=O) groups excluding carboxylic acids is 3. The van der Waals surface area contributed by atoms with E-state index in [9.17, 15) is 19.5 Å². The van der Waals surface area contributed by atoms with Crippen molar-refractivity contribution in [1.82, 2.24) is 0 Å². The molecule has 0 spiro atoms. The second kappa shape index (κ2) is 6.50. The topological polar surface area (TPSA) is 89.9 Å². The maximum atomic E-state index is 12.8. The Balaban J connectivity index is 2.07. The van der Waals surface area contributed by atoms with Crippen LogP contribution in [0.5, 0.6) is 0 Å². The van der Waals surface area contributed by atoms with Gasteiger partial charge in [-0.1, -0.05) is 25.7 Å². The summed E-state index contributed by atoms with van der Waals surface area (Å²) in [5.74, 6) is -1.98. The van der Waals surface area contributed by atoms with Crippen LogP contribution >= 0.6 is 0 Å². The molecule has 0 aromatic carbocycles. The highest BCUT2D eigenvalue weighted by Crippen LogP contribution is 2.54. The molecule has 6 nitrogen and oxygen atoms in total. The smallest absolute Gasteiger partial charge is 0.336 e. The van der Waals surface area contributed by atoms with Gasteiger partial charge in [-0.2, -0.15) is 0 Å². The van der Waals surface area contributed by atoms with Gasteiger partial charge in [-0.15, -0.1) is 0 Å². The van der Waals surface area contributed by atoms with Gasteiger partial charge in [-0.05, 0) is 38.2 Å². The van der Waals surface area contributed by atoms with Crippen LogP contribution < -0.4 is 0 Å². The minimum atomic E-state index is -1.00. The zero-order valence-electron chi connectivity index (χ0n) is 15.2. The van der Waals surface area contributed by atoms with Gasteiger partial charge in [-0.25, -0.2) is 9.59 Å². The fourth-order valence-electron chi connectivity index (χ4n) is 4.61. The van der Waals surface area contributed by atoms with Gasteiger partial charge in [0.15, 0.2) is 5.78 Å². The quantitative estimate of drug-likeness (QED) is 0.609. The second-order valence-electron chi connectivity index (χ2n) is 7.54. The number of esters is 2. The van der Waals surface area contributed by atoms with E-state index in [1.807, 2.05) is 13.0 Å². The fourth-order valence-corrected chi connectivity index (χ4v) is 4.61. The molecule has 26 heavy (non-hydrogen) atoms. The highest BCUT2D eigenvalue weighted by atomic mass is 16.6. The van der Waals surface area contributed by atoms with Crippen LogP contribution in [0.3, 0.4) is 0 Å². The van der Waals surface area contributed by atoms with Crippen LogP contribution in [0.2, 0.25) is 0 Å². The van der Waals surface area contributed by atoms with Gasteiger partial charge in [0.25, 0.3) is 0 Å². The lowest BCUT2D eigenvalue weighted by Crippen LogP contribution is -2.49. The number of fused-ring (bicyclic) bond motifs is 2. The fraction of sp³-hybridized carbons (Fsp3) is 0.550. The van der Waals surface area contributed by atoms with E-state index in [2.05, 4.69) is 6.58 Å². The predicted octanol–water partition coefficient (Wildman–Crippen LogP) is 1.74. The van der Waals surface area contributed by atoms with Crippen LogP contribution in [0.4, 0.5) is 0 Å². The molecule has 2 fully saturated rings. The number of rotatable bonds is 3. The Morgan fingerprint density at radius 2 is 2.19 bits per heavy atom. The van der Waals surface area contributed by atoms with Crippen LogP contribution in [-0.4, -0.2) is 41.6 Å². The molecule has 3 rings (SSSR count). The van der Waals surface area contributed by atoms with E-state index in [1.165, 1.54) is 12.2 Å². The molecule has 0 unspecified atom stereocenters. The first-order valence-electron chi connectivity index (χ1n) is 8.85. The van der Waals surface area contributed by atoms with Crippen LogP contribution in [-0.2, 0) is 23.9 Å². The average molecular weight is 360 g/mol. The Bertz CT molecular complexity index is 733. The zero-order valence-corrected chi connectivity index (χ0v) is 15.2. The first-order valence-corrected chi connectivity index (χ1v) is 8.85. The number of hydrogen-bond donors (Lipinski definition) is 1. The summed E-state index contributed by atoms with van der Waals surface area (Å²) < 4.78 is 11.2. The molecular formula is C20H24O6. The average Bonchev–Trinajstić information content (AvgIpc) is 3.01. The molecule has 0 amide bonds. The minimum Gasteiger partial charge on any atom is -0.458 e. The van der Waals surface area contributed by atoms with Gasteiger partial charge in [-0.3, -0.25) is 4.79 Å². The number of aliphatic hydroxyl groups is 1. The van der Waals surface area contributed by atoms with Crippen molar-refractivity contribution >= 4 is 17.7 Å². The standard InChI is InChI=1S/C20H24O6/c1-5-12(9-21)19(24)26-17-16-11(3)18(23)25-14(16)8-10(2)13-6-7-15(22)20(13,17)4/h5-7,10,13-14,16-17,21H,3,8-9H2,1-2,4H3/b12-5+/t10-,13+,14-,16-,17+,20+/m1/s1. The number of carbonyl (C=O) groups is 3. The molecule has 1 aliphatic heterocycles. The van der Waals surface area contributed by atoms with Gasteiger partial charge in [0, 0.05) is 5.57 Å². The van der Waals surface area contributed by atoms with Crippen LogP contribution in [0.15, 0.2) is 36.0 Å². The van der Waals surface area contributed by atoms with Crippen molar-refractivity contribution in [2.45, 2.75) is 39.4 Å². The zero-order chi connectivity index (χ0) is 19.2. The number of aliphatic hydroxyl groups excluding tert-OH is 1. The summed E-state index contributed by atoms with van der Waals surface area (Å²) in [6.07, 6.45) is 4.07. The summed E-state index contributed by atoms with van der Waals surface area (Å²) in [5.41, 5.74) is -0.666. The lowest BCUT2D eigenvalue weighted by molar-refractivity contribution is -0.161. The van der Waals surface area contributed by atoms with Crippen molar-refractivity contribution in [3.05, 3.63) is 36.0 Å². The third-order valence-electron chi connectivity index (χ3n) is 6.15. The van der Waals surface area contributed by atoms with Crippen molar-refractivity contribution in [1.29, 1.82) is 0 Å². The third-order valence-corrected chi connectivity index (χ3v) is 6.15. The summed E-state index contributed by atoms with van der Waals surface area (Å²) in [6.45, 7) is 8.78. The van der Waals surface area contributed by atoms with E-state index >= 15 is 0 Å². The number of ketones is 1. The molecule has 2 aliphatic carbocycles. The first kappa shape index (κ1) is 18.6. The van der Waals surface area contributed by atoms with Crippen LogP contribution in [0.1, 0.15) is 27.2 Å². The Labute approximate surface area is 152 Å². The number of allylic oxidation sites excluding steroid dienone is 3. The van der Waals surface area contributed by atoms with Crippen LogP contribution in [0, 0.1) is 23.2 Å². The molecule has 3 aliphatic rings. The molecular weight excluding hydrogens is 336 g/mol. The van der Waals surface area contributed by atoms with Crippen molar-refractivity contribution in [3.8, 4) is 0 Å². The van der Waals surface area contributed by atoms with E-state index < -0.39 is 42.1 Å². The maximum Gasteiger partial charge on any atom is 0.336 e. The highest BCUT2D eigenvalue weighted by molar-refractivity contribution is 5.99. The maximum absolute atomic E-state index is 12.8. The molecule has 1 saturated carbocycles. The predicted molar refractivity (Wildman–Crippen MR) is 92.8 cm³/mol. The van der Waals surface area contributed by atoms with E-state index in [0.717, 1.165) is 0 Å². The number of hydrogen-bond acceptors (Lipinski definition) is 6. The van der Waals surface area contributed by atoms with Crippen LogP contribution in [0.25, 0.3) is 0 Å². The molecule has 6 heteroatoms. The Kier molecular flexibility index (Phi) is 4.65. The third kappa shape index (κ3) is 2.55. The van der Waals surface area contributed by atoms with Crippen molar-refractivity contribution in [2.75, 3.05) is 6.61 Å². The van der Waals surface area contributed by atoms with E-state index in [0.29, 0.717) is 6.42 Å². The van der Waals surface area contributed by atoms with E-state index in [4.69, 9.17) is 9.47 Å². The molecule has 0 radical (unpaired) electrons. The molecule has 1 saturated heterocycles. The van der Waals surface area contributed by atoms with Gasteiger partial charge in [0.05, 0.1) is 23.5 Å². The first-order chi connectivity index (χ1) is 12.2. The number of ether oxygens (including phenoxy) is 2. The lowest BCUT2D eigenvalue weighted by atomic mass is 9.67. The van der Waals surface area contributed by atoms with Crippen molar-refractivity contribution < 1.29 is 29.0 Å². The van der Waals surface area contributed by atoms with E-state index in [-0.39, 0.29) is 28.8 Å². The van der Waals surface area contributed by atoms with Gasteiger partial charge >= 0.3 is 11.9 Å². The summed E-state index contributed by atoms with van der Waals surface area (Å²) in [7, 11) is 0. The van der Waals surface area contributed by atoms with E-state index in [1.54, 1.807) is 13.8 Å². The van der Waals surface area contributed by atoms with Gasteiger partial charge in [0.1, 0.15) is 12.2 Å². The summed E-state index contributed by atoms with van der Waals surface area (Å²) in [6, 6.07) is 0. The molecule has 1 N–H and O–H groups in total. The summed E-state index contributed by atoms with van der Waals surface area (Å²) in [5, 5.41) is 9.36. The Hall–Kier alpha value is -2.21. The molecule has 1 heterocycles. The molecule has 0 aromatic rings. The normalized spacial score (nSPS) is 39.3. The largest absolute Gasteiger partial charge is 0.458 e. The Morgan fingerprint density at radius 1 is 1.50 bits per heavy atom. The minimum absolute atomic E-state index is 0.0663. The SMILES string of the molecule is C=C1C(=O)O[C@@H]2C[C@@H](C)[C@@H]3C=CC(=O)[C@@]3(C)[C@@H](OC(=O)/C(=C/C)CO)[C@H]12. The highest BCUT2D eigenvalue weighted by Gasteiger charge is 2.62. The monoisotopic (exact) mass is 360 g/mol. The van der Waals surface area contributed by atoms with Gasteiger partial charge < -0.3 is 14.6 Å². The molecule has 0 aromatic heterocycles. The lowest BCUT2D eigenvalue weighted by Gasteiger charge is -2.39. The summed E-state index contributed by atoms with van der Waals surface area (Å²) in [4.78, 5) is 37.5. The van der Waals surface area contributed by atoms with Crippen molar-refractivity contribution in [3.63, 3.8) is 0 Å². The Morgan fingerprint density at radius 3 is 2.81 bits per heavy atom.